The molecule has 10 heteroatoms. The number of carbonyl (C=O) groups is 2. The Balaban J connectivity index is 1.77. The SMILES string of the molecule is C[C@@H]1Oc2cc3c(-c4c(O)cc(O)c5c(O)c6c(cc45)O[C@@H](C)CC6=O)c(O)cc(O)c3c(O)c2C(=O)[C@@H]1C. The first-order chi connectivity index (χ1) is 18.4. The number of phenols is 6. The molecule has 0 aliphatic carbocycles. The first kappa shape index (κ1) is 24.5. The molecule has 6 N–H and O–H groups in total. The van der Waals surface area contributed by atoms with E-state index in [0.717, 1.165) is 12.1 Å². The van der Waals surface area contributed by atoms with Gasteiger partial charge in [0, 0.05) is 40.5 Å². The summed E-state index contributed by atoms with van der Waals surface area (Å²) in [7, 11) is 0. The highest BCUT2D eigenvalue weighted by molar-refractivity contribution is 6.19. The number of hydrogen-bond acceptors (Lipinski definition) is 10. The molecule has 0 saturated carbocycles. The predicted octanol–water partition coefficient (Wildman–Crippen LogP) is 4.85. The summed E-state index contributed by atoms with van der Waals surface area (Å²) in [5, 5.41) is 65.4. The van der Waals surface area contributed by atoms with Gasteiger partial charge in [0.05, 0.1) is 16.7 Å². The lowest BCUT2D eigenvalue weighted by Gasteiger charge is -2.29. The van der Waals surface area contributed by atoms with E-state index in [0.29, 0.717) is 0 Å². The molecule has 0 unspecified atom stereocenters. The van der Waals surface area contributed by atoms with Crippen molar-refractivity contribution >= 4 is 33.1 Å². The summed E-state index contributed by atoms with van der Waals surface area (Å²) in [5.41, 5.74) is -0.428. The van der Waals surface area contributed by atoms with Crippen molar-refractivity contribution in [3.05, 3.63) is 35.4 Å². The van der Waals surface area contributed by atoms with Crippen LogP contribution >= 0.6 is 0 Å². The van der Waals surface area contributed by atoms with Gasteiger partial charge >= 0.3 is 0 Å². The molecular weight excluding hydrogens is 508 g/mol. The van der Waals surface area contributed by atoms with E-state index >= 15 is 0 Å². The molecule has 2 aliphatic heterocycles. The van der Waals surface area contributed by atoms with Crippen molar-refractivity contribution in [1.29, 1.82) is 0 Å². The number of aromatic hydroxyl groups is 6. The summed E-state index contributed by atoms with van der Waals surface area (Å²) in [5.74, 6) is -4.52. The van der Waals surface area contributed by atoms with E-state index in [4.69, 9.17) is 9.47 Å². The van der Waals surface area contributed by atoms with Crippen molar-refractivity contribution in [2.24, 2.45) is 5.92 Å². The van der Waals surface area contributed by atoms with Crippen LogP contribution in [0.2, 0.25) is 0 Å². The molecule has 0 fully saturated rings. The third kappa shape index (κ3) is 3.27. The van der Waals surface area contributed by atoms with Crippen LogP contribution in [0.1, 0.15) is 47.9 Å². The van der Waals surface area contributed by atoms with E-state index < -0.39 is 58.4 Å². The van der Waals surface area contributed by atoms with Gasteiger partial charge in [0.15, 0.2) is 11.6 Å². The van der Waals surface area contributed by atoms with Crippen LogP contribution in [0.3, 0.4) is 0 Å². The fourth-order valence-corrected chi connectivity index (χ4v) is 5.61. The molecule has 0 spiro atoms. The molecule has 200 valence electrons. The molecular formula is C29H24O10. The summed E-state index contributed by atoms with van der Waals surface area (Å²) in [6.45, 7) is 5.03. The number of phenolic OH excluding ortho intramolecular Hbond substituents is 6. The molecule has 3 atom stereocenters. The van der Waals surface area contributed by atoms with Crippen LogP contribution in [-0.4, -0.2) is 54.4 Å². The molecule has 4 aromatic carbocycles. The molecule has 2 aliphatic rings. The largest absolute Gasteiger partial charge is 0.507 e. The maximum Gasteiger partial charge on any atom is 0.176 e. The lowest BCUT2D eigenvalue weighted by atomic mass is 9.85. The minimum atomic E-state index is -0.566. The summed E-state index contributed by atoms with van der Waals surface area (Å²) in [6.07, 6.45) is -1.01. The smallest absolute Gasteiger partial charge is 0.176 e. The molecule has 0 saturated heterocycles. The van der Waals surface area contributed by atoms with E-state index in [2.05, 4.69) is 0 Å². The van der Waals surface area contributed by atoms with Crippen LogP contribution in [-0.2, 0) is 0 Å². The molecule has 0 radical (unpaired) electrons. The lowest BCUT2D eigenvalue weighted by molar-refractivity contribution is 0.0725. The minimum absolute atomic E-state index is 0.0152. The lowest BCUT2D eigenvalue weighted by Crippen LogP contribution is -2.33. The van der Waals surface area contributed by atoms with E-state index in [9.17, 15) is 40.2 Å². The summed E-state index contributed by atoms with van der Waals surface area (Å²) < 4.78 is 11.7. The maximum atomic E-state index is 13.0. The minimum Gasteiger partial charge on any atom is -0.507 e. The van der Waals surface area contributed by atoms with Gasteiger partial charge in [-0.15, -0.1) is 0 Å². The standard InChI is InChI=1S/C29H24O10/c1-9-4-14(30)25-19(38-9)5-12-21(15(31)7-17(33)23(12)28(25)36)22-13-6-20-26(27(35)10(2)11(3)39-20)29(37)24(13)18(34)8-16(22)32/h5-11,31-34,36-37H,4H2,1-3H3/t9-,10+,11-/m0/s1. The molecule has 4 aromatic rings. The van der Waals surface area contributed by atoms with Crippen molar-refractivity contribution in [3.63, 3.8) is 0 Å². The van der Waals surface area contributed by atoms with Crippen molar-refractivity contribution in [3.8, 4) is 57.1 Å². The molecule has 0 amide bonds. The number of hydrogen-bond donors (Lipinski definition) is 6. The summed E-state index contributed by atoms with van der Waals surface area (Å²) in [6, 6.07) is 4.63. The van der Waals surface area contributed by atoms with Gasteiger partial charge in [0.25, 0.3) is 0 Å². The van der Waals surface area contributed by atoms with Crippen LogP contribution in [0.4, 0.5) is 0 Å². The highest BCUT2D eigenvalue weighted by Crippen LogP contribution is 2.55. The van der Waals surface area contributed by atoms with Crippen molar-refractivity contribution in [2.75, 3.05) is 0 Å². The van der Waals surface area contributed by atoms with Crippen LogP contribution in [0.25, 0.3) is 32.7 Å². The van der Waals surface area contributed by atoms with Crippen LogP contribution in [0.15, 0.2) is 24.3 Å². The van der Waals surface area contributed by atoms with Crippen LogP contribution in [0.5, 0.6) is 46.0 Å². The molecule has 2 heterocycles. The molecule has 10 nitrogen and oxygen atoms in total. The Morgan fingerprint density at radius 1 is 0.641 bits per heavy atom. The number of ether oxygens (including phenoxy) is 2. The van der Waals surface area contributed by atoms with Crippen molar-refractivity contribution in [1.82, 2.24) is 0 Å². The second kappa shape index (κ2) is 8.07. The Morgan fingerprint density at radius 2 is 1.13 bits per heavy atom. The maximum absolute atomic E-state index is 13.0. The van der Waals surface area contributed by atoms with Gasteiger partial charge in [-0.3, -0.25) is 9.59 Å². The zero-order chi connectivity index (χ0) is 28.1. The van der Waals surface area contributed by atoms with Gasteiger partial charge in [0.1, 0.15) is 69.3 Å². The summed E-state index contributed by atoms with van der Waals surface area (Å²) >= 11 is 0. The topological polar surface area (TPSA) is 174 Å². The second-order valence-electron chi connectivity index (χ2n) is 10.2. The quantitative estimate of drug-likeness (QED) is 0.199. The number of rotatable bonds is 1. The number of ketones is 2. The zero-order valence-corrected chi connectivity index (χ0v) is 21.1. The fourth-order valence-electron chi connectivity index (χ4n) is 5.61. The molecule has 6 rings (SSSR count). The molecule has 39 heavy (non-hydrogen) atoms. The first-order valence-corrected chi connectivity index (χ1v) is 12.3. The Kier molecular flexibility index (Phi) is 5.06. The number of benzene rings is 4. The van der Waals surface area contributed by atoms with Gasteiger partial charge < -0.3 is 40.1 Å². The normalized spacial score (nSPS) is 20.4. The van der Waals surface area contributed by atoms with Crippen molar-refractivity contribution < 1.29 is 49.7 Å². The monoisotopic (exact) mass is 532 g/mol. The predicted molar refractivity (Wildman–Crippen MR) is 140 cm³/mol. The molecule has 0 bridgehead atoms. The Hall–Kier alpha value is -4.86. The fraction of sp³-hybridized carbons (Fsp3) is 0.241. The Labute approximate surface area is 220 Å². The van der Waals surface area contributed by atoms with Gasteiger partial charge in [-0.2, -0.15) is 0 Å². The van der Waals surface area contributed by atoms with E-state index in [1.165, 1.54) is 12.1 Å². The van der Waals surface area contributed by atoms with Gasteiger partial charge in [-0.05, 0) is 26.0 Å². The number of fused-ring (bicyclic) bond motifs is 4. The Bertz CT molecular complexity index is 1790. The van der Waals surface area contributed by atoms with Gasteiger partial charge in [0.2, 0.25) is 0 Å². The van der Waals surface area contributed by atoms with E-state index in [-0.39, 0.29) is 67.5 Å². The van der Waals surface area contributed by atoms with Crippen LogP contribution < -0.4 is 9.47 Å². The van der Waals surface area contributed by atoms with Crippen LogP contribution in [0, 0.1) is 5.92 Å². The Morgan fingerprint density at radius 3 is 1.67 bits per heavy atom. The second-order valence-corrected chi connectivity index (χ2v) is 10.2. The van der Waals surface area contributed by atoms with E-state index in [1.54, 1.807) is 20.8 Å². The zero-order valence-electron chi connectivity index (χ0n) is 21.1. The average molecular weight is 533 g/mol. The average Bonchev–Trinajstić information content (AvgIpc) is 2.83. The van der Waals surface area contributed by atoms with Crippen molar-refractivity contribution in [2.45, 2.75) is 39.4 Å². The molecule has 0 aromatic heterocycles. The number of carbonyl (C=O) groups excluding carboxylic acids is 2. The number of Topliss-reactive ketones (excluding diaryl/α,β-unsaturated/α-hetero) is 2. The van der Waals surface area contributed by atoms with Gasteiger partial charge in [-0.25, -0.2) is 0 Å². The highest BCUT2D eigenvalue weighted by atomic mass is 16.5. The third-order valence-electron chi connectivity index (χ3n) is 7.65. The van der Waals surface area contributed by atoms with E-state index in [1.807, 2.05) is 0 Å². The van der Waals surface area contributed by atoms with Gasteiger partial charge in [-0.1, -0.05) is 6.92 Å². The third-order valence-corrected chi connectivity index (χ3v) is 7.65. The highest BCUT2D eigenvalue weighted by Gasteiger charge is 2.37. The summed E-state index contributed by atoms with van der Waals surface area (Å²) in [4.78, 5) is 25.7. The first-order valence-electron chi connectivity index (χ1n) is 12.3.